The van der Waals surface area contributed by atoms with Crippen LogP contribution in [-0.4, -0.2) is 30.9 Å². The second-order valence-electron chi connectivity index (χ2n) is 5.96. The first-order valence-corrected chi connectivity index (χ1v) is 10.6. The number of hydrogen-bond donors (Lipinski definition) is 4. The van der Waals surface area contributed by atoms with Crippen molar-refractivity contribution < 1.29 is 30.9 Å². The molecule has 0 atom stereocenters. The van der Waals surface area contributed by atoms with E-state index in [1.54, 1.807) is 0 Å². The van der Waals surface area contributed by atoms with Crippen molar-refractivity contribution in [3.8, 4) is 0 Å². The summed E-state index contributed by atoms with van der Waals surface area (Å²) in [5.74, 6) is 0. The third kappa shape index (κ3) is 4.27. The van der Waals surface area contributed by atoms with Gasteiger partial charge in [-0.2, -0.15) is 16.8 Å². The SMILES string of the molecule is Nc1cc([N+](=O)[O-])ccc1Nc1ccc2cc(S(=O)(=O)O)cc(S(=O)(=O)O)c2c1. The Morgan fingerprint density at radius 1 is 0.931 bits per heavy atom. The van der Waals surface area contributed by atoms with Crippen molar-refractivity contribution in [1.29, 1.82) is 0 Å². The van der Waals surface area contributed by atoms with Crippen LogP contribution in [0.3, 0.4) is 0 Å². The van der Waals surface area contributed by atoms with Crippen molar-refractivity contribution in [3.05, 3.63) is 58.6 Å². The van der Waals surface area contributed by atoms with E-state index in [-0.39, 0.29) is 22.1 Å². The standard InChI is InChI=1S/C16H13N3O8S2/c17-14-7-11(19(20)21)3-4-15(14)18-10-2-1-9-5-12(28(22,23)24)8-16(13(9)6-10)29(25,26)27/h1-8,18H,17H2,(H,22,23,24)(H,25,26,27). The van der Waals surface area contributed by atoms with Gasteiger partial charge in [-0.25, -0.2) is 0 Å². The summed E-state index contributed by atoms with van der Waals surface area (Å²) in [4.78, 5) is 8.76. The third-order valence-corrected chi connectivity index (χ3v) is 5.72. The first kappa shape index (κ1) is 20.5. The van der Waals surface area contributed by atoms with E-state index in [1.165, 1.54) is 30.3 Å². The van der Waals surface area contributed by atoms with E-state index >= 15 is 0 Å². The summed E-state index contributed by atoms with van der Waals surface area (Å²) in [5, 5.41) is 13.7. The van der Waals surface area contributed by atoms with E-state index in [0.717, 1.165) is 12.1 Å². The number of nitro groups is 1. The zero-order valence-electron chi connectivity index (χ0n) is 14.3. The fraction of sp³-hybridized carbons (Fsp3) is 0. The molecule has 0 aliphatic heterocycles. The van der Waals surface area contributed by atoms with Crippen LogP contribution in [-0.2, 0) is 20.2 Å². The fourth-order valence-corrected chi connectivity index (χ4v) is 4.02. The molecule has 0 aliphatic carbocycles. The van der Waals surface area contributed by atoms with Gasteiger partial charge in [0, 0.05) is 23.2 Å². The summed E-state index contributed by atoms with van der Waals surface area (Å²) in [7, 11) is -9.54. The third-order valence-electron chi connectivity index (χ3n) is 3.99. The number of benzene rings is 3. The zero-order valence-corrected chi connectivity index (χ0v) is 15.9. The minimum absolute atomic E-state index is 0.0228. The minimum Gasteiger partial charge on any atom is -0.397 e. The molecular formula is C16H13N3O8S2. The molecule has 0 unspecified atom stereocenters. The molecule has 0 aromatic heterocycles. The van der Waals surface area contributed by atoms with Gasteiger partial charge in [0.25, 0.3) is 25.9 Å². The van der Waals surface area contributed by atoms with Crippen molar-refractivity contribution in [1.82, 2.24) is 0 Å². The van der Waals surface area contributed by atoms with Crippen molar-refractivity contribution in [2.45, 2.75) is 9.79 Å². The Balaban J connectivity index is 2.14. The Hall–Kier alpha value is -3.26. The van der Waals surface area contributed by atoms with Crippen LogP contribution >= 0.6 is 0 Å². The molecule has 5 N–H and O–H groups in total. The molecule has 3 aromatic carbocycles. The number of nitrogens with two attached hydrogens (primary N) is 1. The molecule has 29 heavy (non-hydrogen) atoms. The highest BCUT2D eigenvalue weighted by atomic mass is 32.2. The fourth-order valence-electron chi connectivity index (χ4n) is 2.67. The van der Waals surface area contributed by atoms with Gasteiger partial charge in [0.05, 0.1) is 21.2 Å². The van der Waals surface area contributed by atoms with Crippen molar-refractivity contribution >= 4 is 53.8 Å². The quantitative estimate of drug-likeness (QED) is 0.199. The van der Waals surface area contributed by atoms with Gasteiger partial charge in [-0.05, 0) is 35.7 Å². The van der Waals surface area contributed by atoms with Crippen LogP contribution in [0.25, 0.3) is 10.8 Å². The Labute approximate surface area is 164 Å². The molecule has 0 radical (unpaired) electrons. The Morgan fingerprint density at radius 3 is 2.17 bits per heavy atom. The van der Waals surface area contributed by atoms with E-state index in [2.05, 4.69) is 5.32 Å². The second-order valence-corrected chi connectivity index (χ2v) is 8.77. The normalized spacial score (nSPS) is 12.1. The molecule has 0 amide bonds. The molecule has 0 spiro atoms. The van der Waals surface area contributed by atoms with Crippen molar-refractivity contribution in [2.24, 2.45) is 0 Å². The summed E-state index contributed by atoms with van der Waals surface area (Å²) in [6.45, 7) is 0. The van der Waals surface area contributed by atoms with Gasteiger partial charge in [0.15, 0.2) is 0 Å². The molecule has 0 heterocycles. The summed E-state index contributed by atoms with van der Waals surface area (Å²) < 4.78 is 64.9. The van der Waals surface area contributed by atoms with Crippen LogP contribution in [0.4, 0.5) is 22.7 Å². The molecular weight excluding hydrogens is 426 g/mol. The van der Waals surface area contributed by atoms with Crippen molar-refractivity contribution in [3.63, 3.8) is 0 Å². The summed E-state index contributed by atoms with van der Waals surface area (Å²) in [6, 6.07) is 9.55. The molecule has 0 saturated heterocycles. The lowest BCUT2D eigenvalue weighted by molar-refractivity contribution is -0.384. The molecule has 0 saturated carbocycles. The monoisotopic (exact) mass is 439 g/mol. The predicted molar refractivity (Wildman–Crippen MR) is 104 cm³/mol. The molecule has 13 heteroatoms. The van der Waals surface area contributed by atoms with E-state index in [4.69, 9.17) is 5.73 Å². The number of nitrogens with one attached hydrogen (secondary N) is 1. The van der Waals surface area contributed by atoms with Crippen LogP contribution in [0.15, 0.2) is 58.3 Å². The van der Waals surface area contributed by atoms with Crippen LogP contribution in [0, 0.1) is 10.1 Å². The van der Waals surface area contributed by atoms with E-state index in [1.807, 2.05) is 0 Å². The van der Waals surface area contributed by atoms with Crippen LogP contribution < -0.4 is 11.1 Å². The van der Waals surface area contributed by atoms with E-state index < -0.39 is 35.0 Å². The largest absolute Gasteiger partial charge is 0.397 e. The van der Waals surface area contributed by atoms with Crippen molar-refractivity contribution in [2.75, 3.05) is 11.1 Å². The van der Waals surface area contributed by atoms with Gasteiger partial charge >= 0.3 is 0 Å². The van der Waals surface area contributed by atoms with Crippen LogP contribution in [0.1, 0.15) is 0 Å². The maximum absolute atomic E-state index is 11.7. The van der Waals surface area contributed by atoms with Gasteiger partial charge in [-0.3, -0.25) is 19.2 Å². The molecule has 11 nitrogen and oxygen atoms in total. The summed E-state index contributed by atoms with van der Waals surface area (Å²) >= 11 is 0. The number of fused-ring (bicyclic) bond motifs is 1. The highest BCUT2D eigenvalue weighted by Crippen LogP contribution is 2.32. The molecule has 0 bridgehead atoms. The molecule has 3 aromatic rings. The van der Waals surface area contributed by atoms with Gasteiger partial charge in [-0.1, -0.05) is 6.07 Å². The van der Waals surface area contributed by atoms with Gasteiger partial charge in [-0.15, -0.1) is 0 Å². The maximum atomic E-state index is 11.7. The highest BCUT2D eigenvalue weighted by Gasteiger charge is 2.20. The average molecular weight is 439 g/mol. The van der Waals surface area contributed by atoms with E-state index in [9.17, 15) is 36.1 Å². The number of nitro benzene ring substituents is 1. The average Bonchev–Trinajstić information content (AvgIpc) is 2.60. The van der Waals surface area contributed by atoms with E-state index in [0.29, 0.717) is 17.4 Å². The number of anilines is 3. The Morgan fingerprint density at radius 2 is 1.62 bits per heavy atom. The predicted octanol–water partition coefficient (Wildman–Crippen LogP) is 2.57. The molecule has 3 rings (SSSR count). The highest BCUT2D eigenvalue weighted by molar-refractivity contribution is 7.86. The van der Waals surface area contributed by atoms with Gasteiger partial charge in [0.2, 0.25) is 0 Å². The first-order chi connectivity index (χ1) is 13.4. The Bertz CT molecular complexity index is 1370. The number of nitrogens with zero attached hydrogens (tertiary/aromatic N) is 1. The zero-order chi connectivity index (χ0) is 21.6. The maximum Gasteiger partial charge on any atom is 0.295 e. The second kappa shape index (κ2) is 6.97. The number of hydrogen-bond acceptors (Lipinski definition) is 8. The summed E-state index contributed by atoms with van der Waals surface area (Å²) in [5.41, 5.74) is 6.26. The molecule has 0 aliphatic rings. The Kier molecular flexibility index (Phi) is 4.92. The number of nitrogen functional groups attached to an aromatic ring is 1. The minimum atomic E-state index is -4.83. The molecule has 0 fully saturated rings. The summed E-state index contributed by atoms with van der Waals surface area (Å²) in [6.07, 6.45) is 0. The number of rotatable bonds is 5. The lowest BCUT2D eigenvalue weighted by atomic mass is 10.1. The lowest BCUT2D eigenvalue weighted by Crippen LogP contribution is -2.05. The number of non-ortho nitro benzene ring substituents is 1. The lowest BCUT2D eigenvalue weighted by Gasteiger charge is -2.12. The van der Waals surface area contributed by atoms with Gasteiger partial charge < -0.3 is 11.1 Å². The van der Waals surface area contributed by atoms with Crippen LogP contribution in [0.5, 0.6) is 0 Å². The molecule has 152 valence electrons. The topological polar surface area (TPSA) is 190 Å². The first-order valence-electron chi connectivity index (χ1n) is 7.70. The van der Waals surface area contributed by atoms with Gasteiger partial charge in [0.1, 0.15) is 4.90 Å². The smallest absolute Gasteiger partial charge is 0.295 e. The van der Waals surface area contributed by atoms with Crippen LogP contribution in [0.2, 0.25) is 0 Å².